The molecule has 0 spiro atoms. The molecule has 1 aliphatic rings. The highest BCUT2D eigenvalue weighted by Crippen LogP contribution is 2.24. The van der Waals surface area contributed by atoms with Crippen LogP contribution in [-0.2, 0) is 25.6 Å². The number of esters is 1. The molecule has 8 nitrogen and oxygen atoms in total. The number of likely N-dealkylation sites (tertiary alicyclic amines) is 1. The summed E-state index contributed by atoms with van der Waals surface area (Å²) in [5.41, 5.74) is -0.379. The average Bonchev–Trinajstić information content (AvgIpc) is 2.64. The summed E-state index contributed by atoms with van der Waals surface area (Å²) in [7, 11) is 0. The van der Waals surface area contributed by atoms with E-state index in [1.165, 1.54) is 0 Å². The molecule has 0 unspecified atom stereocenters. The lowest BCUT2D eigenvalue weighted by atomic mass is 9.95. The van der Waals surface area contributed by atoms with E-state index in [0.29, 0.717) is 19.4 Å². The minimum Gasteiger partial charge on any atom is -0.460 e. The Hall–Kier alpha value is -2.77. The Morgan fingerprint density at radius 2 is 1.62 bits per heavy atom. The number of rotatable bonds is 5. The van der Waals surface area contributed by atoms with Crippen molar-refractivity contribution < 1.29 is 28.6 Å². The normalized spacial score (nSPS) is 19.1. The number of nitrogens with one attached hydrogen (secondary N) is 1. The number of carbonyl (C=O) groups is 3. The van der Waals surface area contributed by atoms with Gasteiger partial charge in [0.1, 0.15) is 17.8 Å². The van der Waals surface area contributed by atoms with Gasteiger partial charge in [0.2, 0.25) is 0 Å². The minimum absolute atomic E-state index is 0.0216. The third kappa shape index (κ3) is 9.16. The van der Waals surface area contributed by atoms with Gasteiger partial charge in [0.25, 0.3) is 0 Å². The Labute approximate surface area is 190 Å². The predicted octanol–water partition coefficient (Wildman–Crippen LogP) is 4.41. The summed E-state index contributed by atoms with van der Waals surface area (Å²) in [5, 5.41) is 2.86. The Balaban J connectivity index is 1.99. The van der Waals surface area contributed by atoms with Crippen LogP contribution in [0.2, 0.25) is 0 Å². The molecule has 1 saturated heterocycles. The second-order valence-electron chi connectivity index (χ2n) is 10.0. The summed E-state index contributed by atoms with van der Waals surface area (Å²) in [6, 6.07) is 8.73. The number of hydrogen-bond donors (Lipinski definition) is 1. The summed E-state index contributed by atoms with van der Waals surface area (Å²) >= 11 is 0. The maximum Gasteiger partial charge on any atom is 0.410 e. The summed E-state index contributed by atoms with van der Waals surface area (Å²) in [5.74, 6) is -0.400. The number of piperidine rings is 1. The summed E-state index contributed by atoms with van der Waals surface area (Å²) in [6.07, 6.45) is -0.0475. The first kappa shape index (κ1) is 25.5. The van der Waals surface area contributed by atoms with Gasteiger partial charge in [-0.25, -0.2) is 9.59 Å². The molecule has 1 aliphatic heterocycles. The first-order chi connectivity index (χ1) is 14.8. The van der Waals surface area contributed by atoms with Crippen molar-refractivity contribution in [3.05, 3.63) is 35.9 Å². The highest BCUT2D eigenvalue weighted by atomic mass is 16.6. The zero-order valence-corrected chi connectivity index (χ0v) is 20.0. The Kier molecular flexibility index (Phi) is 8.52. The fraction of sp³-hybridized carbons (Fsp3) is 0.625. The predicted molar refractivity (Wildman–Crippen MR) is 120 cm³/mol. The highest BCUT2D eigenvalue weighted by molar-refractivity contribution is 5.74. The SMILES string of the molecule is CC(C)(C)OC(=O)C[C@@H]1C[C@@H](NC(=O)OCc2ccccc2)CCN1C(=O)OC(C)(C)C. The first-order valence-corrected chi connectivity index (χ1v) is 11.0. The molecule has 0 bridgehead atoms. The maximum absolute atomic E-state index is 12.7. The van der Waals surface area contributed by atoms with Crippen molar-refractivity contribution in [2.24, 2.45) is 0 Å². The fourth-order valence-electron chi connectivity index (χ4n) is 3.44. The molecule has 2 rings (SSSR count). The lowest BCUT2D eigenvalue weighted by Crippen LogP contribution is -2.53. The molecule has 8 heteroatoms. The molecular formula is C24H36N2O6. The molecule has 32 heavy (non-hydrogen) atoms. The van der Waals surface area contributed by atoms with Gasteiger partial charge < -0.3 is 24.4 Å². The molecule has 2 atom stereocenters. The van der Waals surface area contributed by atoms with Crippen molar-refractivity contribution in [2.75, 3.05) is 6.54 Å². The fourth-order valence-corrected chi connectivity index (χ4v) is 3.44. The molecular weight excluding hydrogens is 412 g/mol. The molecule has 0 aromatic heterocycles. The Bertz CT molecular complexity index is 782. The number of nitrogens with zero attached hydrogens (tertiary/aromatic N) is 1. The summed E-state index contributed by atoms with van der Waals surface area (Å²) in [4.78, 5) is 39.0. The molecule has 178 valence electrons. The second kappa shape index (κ2) is 10.7. The van der Waals surface area contributed by atoms with Gasteiger partial charge in [-0.15, -0.1) is 0 Å². The molecule has 1 heterocycles. The maximum atomic E-state index is 12.7. The van der Waals surface area contributed by atoms with Crippen molar-refractivity contribution in [3.8, 4) is 0 Å². The quantitative estimate of drug-likeness (QED) is 0.530. The molecule has 0 radical (unpaired) electrons. The van der Waals surface area contributed by atoms with Gasteiger partial charge >= 0.3 is 18.2 Å². The van der Waals surface area contributed by atoms with Crippen LogP contribution < -0.4 is 5.32 Å². The third-order valence-electron chi connectivity index (χ3n) is 4.70. The first-order valence-electron chi connectivity index (χ1n) is 11.0. The Morgan fingerprint density at radius 3 is 2.22 bits per heavy atom. The number of carbonyl (C=O) groups excluding carboxylic acids is 3. The molecule has 2 amide bonds. The largest absolute Gasteiger partial charge is 0.460 e. The molecule has 1 fully saturated rings. The summed E-state index contributed by atoms with van der Waals surface area (Å²) in [6.45, 7) is 11.3. The number of alkyl carbamates (subject to hydrolysis) is 1. The van der Waals surface area contributed by atoms with E-state index < -0.39 is 35.4 Å². The van der Waals surface area contributed by atoms with E-state index in [4.69, 9.17) is 14.2 Å². The van der Waals surface area contributed by atoms with Gasteiger partial charge in [-0.3, -0.25) is 4.79 Å². The lowest BCUT2D eigenvalue weighted by Gasteiger charge is -2.39. The van der Waals surface area contributed by atoms with Crippen LogP contribution in [-0.4, -0.2) is 52.9 Å². The van der Waals surface area contributed by atoms with E-state index in [-0.39, 0.29) is 19.1 Å². The molecule has 1 N–H and O–H groups in total. The van der Waals surface area contributed by atoms with Crippen molar-refractivity contribution >= 4 is 18.2 Å². The molecule has 1 aromatic rings. The third-order valence-corrected chi connectivity index (χ3v) is 4.70. The van der Waals surface area contributed by atoms with Crippen LogP contribution in [0, 0.1) is 0 Å². The number of hydrogen-bond acceptors (Lipinski definition) is 6. The van der Waals surface area contributed by atoms with E-state index in [1.54, 1.807) is 46.4 Å². The van der Waals surface area contributed by atoms with E-state index >= 15 is 0 Å². The van der Waals surface area contributed by atoms with Gasteiger partial charge in [-0.1, -0.05) is 30.3 Å². The zero-order valence-electron chi connectivity index (χ0n) is 20.0. The van der Waals surface area contributed by atoms with E-state index in [9.17, 15) is 14.4 Å². The van der Waals surface area contributed by atoms with Gasteiger partial charge in [0.05, 0.1) is 6.42 Å². The second-order valence-corrected chi connectivity index (χ2v) is 10.0. The number of ether oxygens (including phenoxy) is 3. The standard InChI is InChI=1S/C24H36N2O6/c1-23(2,3)31-20(27)15-19-14-18(12-13-26(19)22(29)32-24(4,5)6)25-21(28)30-16-17-10-8-7-9-11-17/h7-11,18-19H,12-16H2,1-6H3,(H,25,28)/t18-,19-/m0/s1. The van der Waals surface area contributed by atoms with E-state index in [0.717, 1.165) is 5.56 Å². The molecule has 1 aromatic carbocycles. The average molecular weight is 449 g/mol. The van der Waals surface area contributed by atoms with Gasteiger partial charge in [0.15, 0.2) is 0 Å². The Morgan fingerprint density at radius 1 is 1.00 bits per heavy atom. The van der Waals surface area contributed by atoms with Gasteiger partial charge in [-0.05, 0) is 59.9 Å². The zero-order chi connectivity index (χ0) is 23.9. The van der Waals surface area contributed by atoms with Crippen LogP contribution in [0.25, 0.3) is 0 Å². The monoisotopic (exact) mass is 448 g/mol. The topological polar surface area (TPSA) is 94.2 Å². The number of amides is 2. The minimum atomic E-state index is -0.649. The van der Waals surface area contributed by atoms with Crippen LogP contribution in [0.5, 0.6) is 0 Å². The molecule has 0 aliphatic carbocycles. The van der Waals surface area contributed by atoms with Gasteiger partial charge in [0, 0.05) is 18.6 Å². The molecule has 0 saturated carbocycles. The van der Waals surface area contributed by atoms with Crippen molar-refractivity contribution in [3.63, 3.8) is 0 Å². The lowest BCUT2D eigenvalue weighted by molar-refractivity contribution is -0.156. The summed E-state index contributed by atoms with van der Waals surface area (Å²) < 4.78 is 16.3. The van der Waals surface area contributed by atoms with Crippen LogP contribution in [0.15, 0.2) is 30.3 Å². The van der Waals surface area contributed by atoms with Crippen LogP contribution >= 0.6 is 0 Å². The van der Waals surface area contributed by atoms with Crippen molar-refractivity contribution in [1.82, 2.24) is 10.2 Å². The smallest absolute Gasteiger partial charge is 0.410 e. The van der Waals surface area contributed by atoms with E-state index in [2.05, 4.69) is 5.32 Å². The number of benzene rings is 1. The van der Waals surface area contributed by atoms with Crippen LogP contribution in [0.3, 0.4) is 0 Å². The van der Waals surface area contributed by atoms with E-state index in [1.807, 2.05) is 30.3 Å². The van der Waals surface area contributed by atoms with Crippen LogP contribution in [0.1, 0.15) is 66.4 Å². The van der Waals surface area contributed by atoms with Gasteiger partial charge in [-0.2, -0.15) is 0 Å². The van der Waals surface area contributed by atoms with Crippen molar-refractivity contribution in [2.45, 2.75) is 90.7 Å². The highest BCUT2D eigenvalue weighted by Gasteiger charge is 2.37. The van der Waals surface area contributed by atoms with Crippen molar-refractivity contribution in [1.29, 1.82) is 0 Å². The van der Waals surface area contributed by atoms with Crippen LogP contribution in [0.4, 0.5) is 9.59 Å².